The van der Waals surface area contributed by atoms with Gasteiger partial charge in [-0.1, -0.05) is 29.3 Å². The lowest BCUT2D eigenvalue weighted by Gasteiger charge is -2.42. The number of carbonyl (C=O) groups is 2. The first-order valence-corrected chi connectivity index (χ1v) is 12.8. The van der Waals surface area contributed by atoms with Crippen molar-refractivity contribution in [3.05, 3.63) is 58.7 Å². The summed E-state index contributed by atoms with van der Waals surface area (Å²) in [5.41, 5.74) is 0.981. The number of benzene rings is 1. The van der Waals surface area contributed by atoms with Crippen LogP contribution in [0, 0.1) is 0 Å². The van der Waals surface area contributed by atoms with Crippen LogP contribution in [0.25, 0.3) is 5.95 Å². The molecule has 0 saturated carbocycles. The van der Waals surface area contributed by atoms with Gasteiger partial charge in [-0.25, -0.2) is 9.97 Å². The molecule has 3 heterocycles. The number of carbonyl (C=O) groups excluding carboxylic acids is 2. The van der Waals surface area contributed by atoms with Gasteiger partial charge in [-0.2, -0.15) is 4.98 Å². The Balaban J connectivity index is 1.46. The molecule has 202 valence electrons. The van der Waals surface area contributed by atoms with Crippen LogP contribution in [0.1, 0.15) is 12.0 Å². The van der Waals surface area contributed by atoms with E-state index in [1.165, 1.54) is 7.11 Å². The second-order valence-electron chi connectivity index (χ2n) is 8.71. The van der Waals surface area contributed by atoms with Gasteiger partial charge in [-0.3, -0.25) is 14.2 Å². The summed E-state index contributed by atoms with van der Waals surface area (Å²) in [5, 5.41) is 3.76. The number of nitrogens with zero attached hydrogens (tertiary/aromatic N) is 6. The lowest BCUT2D eigenvalue weighted by molar-refractivity contribution is -0.136. The Labute approximate surface area is 230 Å². The maximum atomic E-state index is 13.0. The molecule has 1 aliphatic rings. The molecular weight excluding hydrogens is 533 g/mol. The van der Waals surface area contributed by atoms with E-state index in [0.717, 1.165) is 5.56 Å². The number of hydrogen-bond acceptors (Lipinski definition) is 8. The lowest BCUT2D eigenvalue weighted by Crippen LogP contribution is -2.57. The number of methoxy groups -OCH3 is 2. The average Bonchev–Trinajstić information content (AvgIpc) is 3.44. The molecule has 3 aromatic rings. The number of amides is 2. The zero-order valence-corrected chi connectivity index (χ0v) is 22.7. The van der Waals surface area contributed by atoms with Crippen LogP contribution in [0.3, 0.4) is 0 Å². The molecule has 2 amide bonds. The van der Waals surface area contributed by atoms with Crippen LogP contribution in [-0.2, 0) is 20.7 Å². The normalized spacial score (nSPS) is 15.4. The van der Waals surface area contributed by atoms with Crippen molar-refractivity contribution >= 4 is 40.8 Å². The van der Waals surface area contributed by atoms with Crippen molar-refractivity contribution in [2.75, 3.05) is 51.9 Å². The second-order valence-corrected chi connectivity index (χ2v) is 9.51. The van der Waals surface area contributed by atoms with Gasteiger partial charge in [0.1, 0.15) is 29.7 Å². The Hall–Kier alpha value is -3.41. The van der Waals surface area contributed by atoms with Gasteiger partial charge in [0, 0.05) is 58.2 Å². The molecule has 1 saturated heterocycles. The molecule has 1 atom stereocenters. The molecule has 1 unspecified atom stereocenters. The Morgan fingerprint density at radius 2 is 2.00 bits per heavy atom. The minimum Gasteiger partial charge on any atom is -0.495 e. The summed E-state index contributed by atoms with van der Waals surface area (Å²) in [4.78, 5) is 42.2. The average molecular weight is 562 g/mol. The van der Waals surface area contributed by atoms with Crippen LogP contribution in [0.15, 0.2) is 43.0 Å². The van der Waals surface area contributed by atoms with Gasteiger partial charge < -0.3 is 24.6 Å². The standard InChI is InChI=1S/C25H29Cl2N7O4/c1-37-15-24(36)32-9-10-34(22-13-21(27)30-25(31-22)33-8-7-28-16-33)18(14-32)12-23(35)29-6-5-17-3-4-20(38-2)19(26)11-17/h3-4,7-8,11,13,16,18H,5-6,9-10,12,14-15H2,1-2H3,(H,29,35). The number of piperazine rings is 1. The fourth-order valence-corrected chi connectivity index (χ4v) is 4.76. The van der Waals surface area contributed by atoms with Crippen LogP contribution in [0.4, 0.5) is 5.82 Å². The van der Waals surface area contributed by atoms with Crippen molar-refractivity contribution in [3.8, 4) is 11.7 Å². The van der Waals surface area contributed by atoms with Crippen LogP contribution >= 0.6 is 23.2 Å². The molecule has 38 heavy (non-hydrogen) atoms. The van der Waals surface area contributed by atoms with Gasteiger partial charge in [0.05, 0.1) is 18.2 Å². The highest BCUT2D eigenvalue weighted by atomic mass is 35.5. The van der Waals surface area contributed by atoms with Gasteiger partial charge in [0.2, 0.25) is 17.8 Å². The Kier molecular flexibility index (Phi) is 9.38. The third-order valence-corrected chi connectivity index (χ3v) is 6.66. The van der Waals surface area contributed by atoms with Crippen LogP contribution in [0.2, 0.25) is 10.2 Å². The molecule has 1 aromatic carbocycles. The monoisotopic (exact) mass is 561 g/mol. The zero-order valence-electron chi connectivity index (χ0n) is 21.1. The van der Waals surface area contributed by atoms with Crippen molar-refractivity contribution in [1.29, 1.82) is 0 Å². The highest BCUT2D eigenvalue weighted by Gasteiger charge is 2.32. The largest absolute Gasteiger partial charge is 0.495 e. The van der Waals surface area contributed by atoms with Crippen LogP contribution in [0.5, 0.6) is 5.75 Å². The smallest absolute Gasteiger partial charge is 0.248 e. The van der Waals surface area contributed by atoms with Gasteiger partial charge in [-0.15, -0.1) is 0 Å². The quantitative estimate of drug-likeness (QED) is 0.375. The molecule has 13 heteroatoms. The molecule has 1 N–H and O–H groups in total. The number of halogens is 2. The fraction of sp³-hybridized carbons (Fsp3) is 0.400. The number of anilines is 1. The molecule has 1 aliphatic heterocycles. The van der Waals surface area contributed by atoms with E-state index in [1.54, 1.807) is 47.4 Å². The second kappa shape index (κ2) is 12.9. The molecule has 0 radical (unpaired) electrons. The molecule has 1 fully saturated rings. The first-order valence-electron chi connectivity index (χ1n) is 12.0. The summed E-state index contributed by atoms with van der Waals surface area (Å²) in [7, 11) is 3.04. The van der Waals surface area contributed by atoms with Crippen LogP contribution < -0.4 is 15.0 Å². The molecule has 11 nitrogen and oxygen atoms in total. The SMILES string of the molecule is COCC(=O)N1CCN(c2cc(Cl)nc(-n3ccnc3)n2)C(CC(=O)NCCc2ccc(OC)c(Cl)c2)C1. The van der Waals surface area contributed by atoms with Crippen molar-refractivity contribution in [2.24, 2.45) is 0 Å². The predicted molar refractivity (Wildman–Crippen MR) is 143 cm³/mol. The maximum absolute atomic E-state index is 13.0. The summed E-state index contributed by atoms with van der Waals surface area (Å²) in [6.45, 7) is 1.68. The lowest BCUT2D eigenvalue weighted by atomic mass is 10.1. The van der Waals surface area contributed by atoms with E-state index < -0.39 is 0 Å². The fourth-order valence-electron chi connectivity index (χ4n) is 4.30. The summed E-state index contributed by atoms with van der Waals surface area (Å²) in [6, 6.07) is 6.87. The molecule has 0 spiro atoms. The predicted octanol–water partition coefficient (Wildman–Crippen LogP) is 2.39. The minimum absolute atomic E-state index is 0.0204. The van der Waals surface area contributed by atoms with Crippen molar-refractivity contribution in [1.82, 2.24) is 29.7 Å². The van der Waals surface area contributed by atoms with Gasteiger partial charge in [0.25, 0.3) is 0 Å². The highest BCUT2D eigenvalue weighted by molar-refractivity contribution is 6.32. The Morgan fingerprint density at radius 3 is 2.71 bits per heavy atom. The Morgan fingerprint density at radius 1 is 1.16 bits per heavy atom. The van der Waals surface area contributed by atoms with E-state index in [1.807, 2.05) is 17.0 Å². The van der Waals surface area contributed by atoms with Crippen molar-refractivity contribution in [2.45, 2.75) is 18.9 Å². The third-order valence-electron chi connectivity index (χ3n) is 6.18. The van der Waals surface area contributed by atoms with E-state index in [2.05, 4.69) is 20.3 Å². The number of imidazole rings is 1. The van der Waals surface area contributed by atoms with Crippen LogP contribution in [-0.4, -0.2) is 89.3 Å². The van der Waals surface area contributed by atoms with Crippen molar-refractivity contribution in [3.63, 3.8) is 0 Å². The number of aromatic nitrogens is 4. The van der Waals surface area contributed by atoms with E-state index in [-0.39, 0.29) is 36.0 Å². The third kappa shape index (κ3) is 6.91. The summed E-state index contributed by atoms with van der Waals surface area (Å²) in [5.74, 6) is 1.26. The molecular formula is C25H29Cl2N7O4. The molecule has 0 aliphatic carbocycles. The number of ether oxygens (including phenoxy) is 2. The summed E-state index contributed by atoms with van der Waals surface area (Å²) < 4.78 is 11.9. The van der Waals surface area contributed by atoms with E-state index >= 15 is 0 Å². The topological polar surface area (TPSA) is 115 Å². The summed E-state index contributed by atoms with van der Waals surface area (Å²) in [6.07, 6.45) is 5.69. The Bertz CT molecular complexity index is 1260. The molecule has 4 rings (SSSR count). The van der Waals surface area contributed by atoms with E-state index in [9.17, 15) is 9.59 Å². The van der Waals surface area contributed by atoms with E-state index in [4.69, 9.17) is 32.7 Å². The maximum Gasteiger partial charge on any atom is 0.248 e. The zero-order chi connectivity index (χ0) is 27.1. The minimum atomic E-state index is -0.332. The first kappa shape index (κ1) is 27.6. The first-order chi connectivity index (χ1) is 18.4. The molecule has 0 bridgehead atoms. The van der Waals surface area contributed by atoms with Gasteiger partial charge in [-0.05, 0) is 24.1 Å². The van der Waals surface area contributed by atoms with Gasteiger partial charge >= 0.3 is 0 Å². The summed E-state index contributed by atoms with van der Waals surface area (Å²) >= 11 is 12.5. The number of rotatable bonds is 10. The molecule has 2 aromatic heterocycles. The number of nitrogens with one attached hydrogen (secondary N) is 1. The van der Waals surface area contributed by atoms with E-state index in [0.29, 0.717) is 55.1 Å². The highest BCUT2D eigenvalue weighted by Crippen LogP contribution is 2.26. The number of hydrogen-bond donors (Lipinski definition) is 1. The van der Waals surface area contributed by atoms with Crippen molar-refractivity contribution < 1.29 is 19.1 Å². The van der Waals surface area contributed by atoms with Gasteiger partial charge in [0.15, 0.2) is 0 Å².